The number of hydrogen-bond acceptors (Lipinski definition) is 6. The zero-order valence-electron chi connectivity index (χ0n) is 20.5. The van der Waals surface area contributed by atoms with Gasteiger partial charge in [-0.25, -0.2) is 8.42 Å². The monoisotopic (exact) mass is 530 g/mol. The van der Waals surface area contributed by atoms with E-state index in [1.807, 2.05) is 40.6 Å². The summed E-state index contributed by atoms with van der Waals surface area (Å²) < 4.78 is 29.0. The molecule has 2 atom stereocenters. The van der Waals surface area contributed by atoms with Gasteiger partial charge in [-0.05, 0) is 74.2 Å². The summed E-state index contributed by atoms with van der Waals surface area (Å²) in [7, 11) is -3.85. The SMILES string of the molecule is O=C1C(NS(=O)(=O)c2cc(-c3ccccc3)cs2)CCCN1CC(=O)N1CCCC1CN1CCCC1. The molecule has 2 aromatic rings. The van der Waals surface area contributed by atoms with Gasteiger partial charge in [-0.15, -0.1) is 11.3 Å². The first-order valence-electron chi connectivity index (χ1n) is 12.9. The van der Waals surface area contributed by atoms with Crippen LogP contribution in [0.1, 0.15) is 38.5 Å². The predicted molar refractivity (Wildman–Crippen MR) is 140 cm³/mol. The second kappa shape index (κ2) is 11.0. The summed E-state index contributed by atoms with van der Waals surface area (Å²) in [6.07, 6.45) is 5.53. The maximum Gasteiger partial charge on any atom is 0.250 e. The van der Waals surface area contributed by atoms with Crippen LogP contribution in [0.2, 0.25) is 0 Å². The van der Waals surface area contributed by atoms with Crippen LogP contribution in [0, 0.1) is 0 Å². The van der Waals surface area contributed by atoms with Gasteiger partial charge in [0.05, 0.1) is 6.54 Å². The Kier molecular flexibility index (Phi) is 7.76. The molecule has 8 nitrogen and oxygen atoms in total. The van der Waals surface area contributed by atoms with E-state index >= 15 is 0 Å². The Morgan fingerprint density at radius 3 is 2.50 bits per heavy atom. The average molecular weight is 531 g/mol. The van der Waals surface area contributed by atoms with Gasteiger partial charge in [0.2, 0.25) is 11.8 Å². The van der Waals surface area contributed by atoms with Gasteiger partial charge in [0.25, 0.3) is 10.0 Å². The standard InChI is InChI=1S/C26H34N4O4S2/c31-24(30-15-6-10-22(30)17-28-12-4-5-13-28)18-29-14-7-11-23(26(29)32)27-36(33,34)25-16-21(19-35-25)20-8-2-1-3-9-20/h1-3,8-9,16,19,22-23,27H,4-7,10-15,17-18H2. The molecule has 3 aliphatic heterocycles. The normalized spacial score (nSPS) is 23.5. The van der Waals surface area contributed by atoms with Gasteiger partial charge in [0.1, 0.15) is 10.3 Å². The van der Waals surface area contributed by atoms with Gasteiger partial charge >= 0.3 is 0 Å². The van der Waals surface area contributed by atoms with Crippen molar-refractivity contribution in [2.75, 3.05) is 39.3 Å². The Morgan fingerprint density at radius 1 is 0.972 bits per heavy atom. The molecule has 1 N–H and O–H groups in total. The summed E-state index contributed by atoms with van der Waals surface area (Å²) in [5, 5.41) is 1.81. The number of piperidine rings is 1. The number of carbonyl (C=O) groups is 2. The van der Waals surface area contributed by atoms with Gasteiger partial charge in [-0.1, -0.05) is 30.3 Å². The van der Waals surface area contributed by atoms with Crippen LogP contribution in [-0.2, 0) is 19.6 Å². The van der Waals surface area contributed by atoms with Crippen LogP contribution >= 0.6 is 11.3 Å². The van der Waals surface area contributed by atoms with Crippen molar-refractivity contribution in [1.29, 1.82) is 0 Å². The van der Waals surface area contributed by atoms with E-state index in [0.29, 0.717) is 19.4 Å². The third-order valence-electron chi connectivity index (χ3n) is 7.47. The molecule has 3 fully saturated rings. The minimum Gasteiger partial charge on any atom is -0.337 e. The molecule has 194 valence electrons. The van der Waals surface area contributed by atoms with Crippen molar-refractivity contribution in [3.63, 3.8) is 0 Å². The molecule has 0 radical (unpaired) electrons. The van der Waals surface area contributed by atoms with Crippen LogP contribution in [0.15, 0.2) is 46.0 Å². The number of thiophene rings is 1. The first kappa shape index (κ1) is 25.4. The van der Waals surface area contributed by atoms with E-state index in [0.717, 1.165) is 61.5 Å². The van der Waals surface area contributed by atoms with Crippen LogP contribution in [0.4, 0.5) is 0 Å². The van der Waals surface area contributed by atoms with Gasteiger partial charge in [-0.2, -0.15) is 4.72 Å². The largest absolute Gasteiger partial charge is 0.337 e. The fourth-order valence-electron chi connectivity index (χ4n) is 5.56. The summed E-state index contributed by atoms with van der Waals surface area (Å²) in [6.45, 7) is 4.34. The lowest BCUT2D eigenvalue weighted by Crippen LogP contribution is -2.55. The maximum absolute atomic E-state index is 13.2. The molecule has 3 aliphatic rings. The van der Waals surface area contributed by atoms with Crippen LogP contribution in [-0.4, -0.2) is 86.3 Å². The molecular formula is C26H34N4O4S2. The molecule has 2 amide bonds. The number of benzene rings is 1. The first-order valence-corrected chi connectivity index (χ1v) is 15.2. The summed E-state index contributed by atoms with van der Waals surface area (Å²) in [5.41, 5.74) is 1.77. The molecule has 0 aliphatic carbocycles. The smallest absolute Gasteiger partial charge is 0.250 e. The van der Waals surface area contributed by atoms with E-state index in [4.69, 9.17) is 0 Å². The van der Waals surface area contributed by atoms with Crippen molar-refractivity contribution in [3.05, 3.63) is 41.8 Å². The van der Waals surface area contributed by atoms with Crippen molar-refractivity contribution in [1.82, 2.24) is 19.4 Å². The fourth-order valence-corrected chi connectivity index (χ4v) is 7.99. The highest BCUT2D eigenvalue weighted by molar-refractivity contribution is 7.91. The summed E-state index contributed by atoms with van der Waals surface area (Å²) >= 11 is 1.14. The minimum absolute atomic E-state index is 0.0186. The lowest BCUT2D eigenvalue weighted by molar-refractivity contribution is -0.143. The van der Waals surface area contributed by atoms with E-state index in [9.17, 15) is 18.0 Å². The molecular weight excluding hydrogens is 496 g/mol. The van der Waals surface area contributed by atoms with E-state index in [1.165, 1.54) is 17.7 Å². The Balaban J connectivity index is 1.20. The predicted octanol–water partition coefficient (Wildman–Crippen LogP) is 2.77. The second-order valence-corrected chi connectivity index (χ2v) is 12.8. The van der Waals surface area contributed by atoms with Crippen LogP contribution < -0.4 is 4.72 Å². The van der Waals surface area contributed by atoms with E-state index in [-0.39, 0.29) is 28.6 Å². The zero-order chi connectivity index (χ0) is 25.1. The van der Waals surface area contributed by atoms with Crippen molar-refractivity contribution >= 4 is 33.2 Å². The number of nitrogens with zero attached hydrogens (tertiary/aromatic N) is 3. The average Bonchev–Trinajstić information content (AvgIpc) is 3.65. The van der Waals surface area contributed by atoms with Crippen LogP contribution in [0.5, 0.6) is 0 Å². The molecule has 0 spiro atoms. The summed E-state index contributed by atoms with van der Waals surface area (Å²) in [6, 6.07) is 10.6. The Bertz CT molecular complexity index is 1180. The number of sulfonamides is 1. The molecule has 5 rings (SSSR count). The van der Waals surface area contributed by atoms with Crippen LogP contribution in [0.25, 0.3) is 11.1 Å². The van der Waals surface area contributed by atoms with Crippen molar-refractivity contribution in [3.8, 4) is 11.1 Å². The molecule has 1 aromatic carbocycles. The molecule has 3 saturated heterocycles. The summed E-state index contributed by atoms with van der Waals surface area (Å²) in [5.74, 6) is -0.340. The van der Waals surface area contributed by atoms with Crippen molar-refractivity contribution < 1.29 is 18.0 Å². The first-order chi connectivity index (χ1) is 17.4. The lowest BCUT2D eigenvalue weighted by atomic mass is 10.1. The molecule has 10 heteroatoms. The van der Waals surface area contributed by atoms with Crippen molar-refractivity contribution in [2.24, 2.45) is 0 Å². The number of carbonyl (C=O) groups excluding carboxylic acids is 2. The quantitative estimate of drug-likeness (QED) is 0.567. The van der Waals surface area contributed by atoms with Gasteiger partial charge in [-0.3, -0.25) is 9.59 Å². The highest BCUT2D eigenvalue weighted by atomic mass is 32.2. The van der Waals surface area contributed by atoms with E-state index in [2.05, 4.69) is 9.62 Å². The maximum atomic E-state index is 13.2. The number of nitrogens with one attached hydrogen (secondary N) is 1. The fraction of sp³-hybridized carbons (Fsp3) is 0.538. The van der Waals surface area contributed by atoms with Gasteiger partial charge < -0.3 is 14.7 Å². The number of likely N-dealkylation sites (tertiary alicyclic amines) is 3. The second-order valence-electron chi connectivity index (χ2n) is 9.99. The Labute approximate surface area is 217 Å². The highest BCUT2D eigenvalue weighted by Crippen LogP contribution is 2.29. The number of hydrogen-bond donors (Lipinski definition) is 1. The molecule has 0 saturated carbocycles. The third-order valence-corrected chi connectivity index (χ3v) is 10.4. The van der Waals surface area contributed by atoms with Gasteiger partial charge in [0.15, 0.2) is 0 Å². The van der Waals surface area contributed by atoms with Gasteiger partial charge in [0, 0.05) is 25.7 Å². The Hall–Kier alpha value is -2.27. The number of rotatable bonds is 8. The summed E-state index contributed by atoms with van der Waals surface area (Å²) in [4.78, 5) is 32.3. The molecule has 4 heterocycles. The van der Waals surface area contributed by atoms with E-state index in [1.54, 1.807) is 6.07 Å². The molecule has 0 bridgehead atoms. The van der Waals surface area contributed by atoms with E-state index < -0.39 is 16.1 Å². The molecule has 2 unspecified atom stereocenters. The third kappa shape index (κ3) is 5.66. The highest BCUT2D eigenvalue weighted by Gasteiger charge is 2.36. The lowest BCUT2D eigenvalue weighted by Gasteiger charge is -2.34. The Morgan fingerprint density at radius 2 is 1.72 bits per heavy atom. The van der Waals surface area contributed by atoms with Crippen LogP contribution in [0.3, 0.4) is 0 Å². The zero-order valence-corrected chi connectivity index (χ0v) is 22.1. The minimum atomic E-state index is -3.85. The van der Waals surface area contributed by atoms with Crippen molar-refractivity contribution in [2.45, 2.75) is 54.8 Å². The molecule has 36 heavy (non-hydrogen) atoms. The number of amides is 2. The topological polar surface area (TPSA) is 90.0 Å². The molecule has 1 aromatic heterocycles.